The molecule has 35 heavy (non-hydrogen) atoms. The van der Waals surface area contributed by atoms with Gasteiger partial charge in [0.05, 0.1) is 19.3 Å². The maximum absolute atomic E-state index is 13.1. The molecule has 5 rings (SSSR count). The number of hydrogen-bond acceptors (Lipinski definition) is 10. The fraction of sp³-hybridized carbons (Fsp3) is 0.480. The molecule has 188 valence electrons. The molecule has 6 atom stereocenters. The van der Waals surface area contributed by atoms with Crippen LogP contribution in [0.3, 0.4) is 0 Å². The summed E-state index contributed by atoms with van der Waals surface area (Å²) >= 11 is 0. The summed E-state index contributed by atoms with van der Waals surface area (Å²) in [7, 11) is 1.28. The molecule has 0 aliphatic carbocycles. The summed E-state index contributed by atoms with van der Waals surface area (Å²) in [6.07, 6.45) is -5.78. The monoisotopic (exact) mass is 487 g/mol. The molecule has 2 aromatic carbocycles. The van der Waals surface area contributed by atoms with Crippen molar-refractivity contribution >= 4 is 5.97 Å². The second-order valence-corrected chi connectivity index (χ2v) is 9.26. The van der Waals surface area contributed by atoms with Gasteiger partial charge in [-0.1, -0.05) is 30.3 Å². The summed E-state index contributed by atoms with van der Waals surface area (Å²) in [6.45, 7) is 1.03. The molecule has 2 aromatic rings. The summed E-state index contributed by atoms with van der Waals surface area (Å²) in [5, 5.41) is 52.3. The second kappa shape index (κ2) is 9.29. The number of aliphatic hydroxyl groups excluding tert-OH is 3. The molecule has 0 unspecified atom stereocenters. The van der Waals surface area contributed by atoms with Crippen molar-refractivity contribution in [2.24, 2.45) is 0 Å². The molecule has 0 radical (unpaired) electrons. The van der Waals surface area contributed by atoms with E-state index in [9.17, 15) is 30.3 Å². The van der Waals surface area contributed by atoms with Crippen LogP contribution >= 0.6 is 0 Å². The van der Waals surface area contributed by atoms with E-state index in [1.165, 1.54) is 12.7 Å². The number of carbonyl (C=O) groups is 1. The van der Waals surface area contributed by atoms with E-state index in [0.717, 1.165) is 13.0 Å². The number of hydrogen-bond donors (Lipinski definition) is 5. The van der Waals surface area contributed by atoms with Gasteiger partial charge in [0, 0.05) is 24.2 Å². The summed E-state index contributed by atoms with van der Waals surface area (Å²) in [5.74, 6) is -1.68. The summed E-state index contributed by atoms with van der Waals surface area (Å²) in [5.41, 5.74) is 1.37. The molecule has 0 saturated carbocycles. The van der Waals surface area contributed by atoms with Crippen molar-refractivity contribution in [3.05, 3.63) is 52.6 Å². The lowest BCUT2D eigenvalue weighted by Gasteiger charge is -2.45. The van der Waals surface area contributed by atoms with Gasteiger partial charge >= 0.3 is 5.97 Å². The minimum absolute atomic E-state index is 0.000827. The Kier molecular flexibility index (Phi) is 6.32. The lowest BCUT2D eigenvalue weighted by molar-refractivity contribution is -0.235. The van der Waals surface area contributed by atoms with Gasteiger partial charge in [-0.25, -0.2) is 4.79 Å². The number of phenols is 2. The first-order valence-corrected chi connectivity index (χ1v) is 11.6. The topological polar surface area (TPSA) is 149 Å². The Hall–Kier alpha value is -2.89. The highest BCUT2D eigenvalue weighted by atomic mass is 16.6. The van der Waals surface area contributed by atoms with Gasteiger partial charge in [-0.3, -0.25) is 4.90 Å². The first kappa shape index (κ1) is 23.8. The van der Waals surface area contributed by atoms with Crippen LogP contribution in [0.1, 0.15) is 45.5 Å². The predicted molar refractivity (Wildman–Crippen MR) is 121 cm³/mol. The highest BCUT2D eigenvalue weighted by Crippen LogP contribution is 2.52. The molecule has 5 N–H and O–H groups in total. The molecule has 10 nitrogen and oxygen atoms in total. The maximum Gasteiger partial charge on any atom is 0.339 e. The van der Waals surface area contributed by atoms with Gasteiger partial charge in [0.25, 0.3) is 0 Å². The van der Waals surface area contributed by atoms with Crippen LogP contribution in [0.2, 0.25) is 0 Å². The quantitative estimate of drug-likeness (QED) is 0.383. The number of benzene rings is 2. The zero-order valence-corrected chi connectivity index (χ0v) is 19.2. The summed E-state index contributed by atoms with van der Waals surface area (Å²) in [6, 6.07) is 10.1. The van der Waals surface area contributed by atoms with Gasteiger partial charge in [-0.15, -0.1) is 0 Å². The predicted octanol–water partition coefficient (Wildman–Crippen LogP) is 0.789. The van der Waals surface area contributed by atoms with Gasteiger partial charge in [-0.05, 0) is 24.4 Å². The van der Waals surface area contributed by atoms with E-state index in [4.69, 9.17) is 14.2 Å². The van der Waals surface area contributed by atoms with Crippen LogP contribution in [0.15, 0.2) is 30.3 Å². The van der Waals surface area contributed by atoms with Crippen molar-refractivity contribution in [2.75, 3.05) is 26.8 Å². The Balaban J connectivity index is 1.54. The van der Waals surface area contributed by atoms with E-state index in [1.54, 1.807) is 0 Å². The minimum Gasteiger partial charge on any atom is -0.504 e. The molecule has 0 spiro atoms. The highest BCUT2D eigenvalue weighted by Gasteiger charge is 2.53. The molecular weight excluding hydrogens is 458 g/mol. The van der Waals surface area contributed by atoms with Crippen LogP contribution in [0.25, 0.3) is 0 Å². The Morgan fingerprint density at radius 1 is 1.11 bits per heavy atom. The Morgan fingerprint density at radius 3 is 2.54 bits per heavy atom. The van der Waals surface area contributed by atoms with Gasteiger partial charge in [0.15, 0.2) is 17.6 Å². The zero-order chi connectivity index (χ0) is 24.9. The van der Waals surface area contributed by atoms with E-state index < -0.39 is 48.8 Å². The molecule has 3 aliphatic heterocycles. The van der Waals surface area contributed by atoms with Crippen LogP contribution in [0, 0.1) is 0 Å². The fourth-order valence-corrected chi connectivity index (χ4v) is 5.46. The van der Waals surface area contributed by atoms with Crippen LogP contribution in [0.5, 0.6) is 17.2 Å². The third-order valence-corrected chi connectivity index (χ3v) is 7.27. The number of methoxy groups -OCH3 is 1. The van der Waals surface area contributed by atoms with Crippen molar-refractivity contribution < 1.29 is 44.5 Å². The molecule has 2 fully saturated rings. The largest absolute Gasteiger partial charge is 0.504 e. The van der Waals surface area contributed by atoms with Gasteiger partial charge < -0.3 is 39.7 Å². The number of phenolic OH excluding ortho intramolecular Hbond substituents is 2. The van der Waals surface area contributed by atoms with Gasteiger partial charge in [0.1, 0.15) is 24.4 Å². The van der Waals surface area contributed by atoms with Crippen LogP contribution in [0.4, 0.5) is 0 Å². The maximum atomic E-state index is 13.1. The lowest BCUT2D eigenvalue weighted by atomic mass is 9.84. The lowest BCUT2D eigenvalue weighted by Crippen LogP contribution is -2.58. The molecule has 3 heterocycles. The number of fused-ring (bicyclic) bond motifs is 3. The first-order chi connectivity index (χ1) is 16.8. The molecule has 0 bridgehead atoms. The smallest absolute Gasteiger partial charge is 0.339 e. The van der Waals surface area contributed by atoms with Crippen molar-refractivity contribution in [3.8, 4) is 17.2 Å². The van der Waals surface area contributed by atoms with E-state index in [-0.39, 0.29) is 34.7 Å². The molecule has 10 heteroatoms. The van der Waals surface area contributed by atoms with E-state index in [0.29, 0.717) is 12.5 Å². The van der Waals surface area contributed by atoms with Crippen molar-refractivity contribution in [3.63, 3.8) is 0 Å². The highest BCUT2D eigenvalue weighted by molar-refractivity contribution is 5.97. The average molecular weight is 488 g/mol. The standard InChI is InChI=1S/C25H29NO9/c1-33-23-18(28)14(10-26-8-7-13(9-26)12-5-3-2-4-6-12)16-17(20(23)30)22-24(35-25(16)32)21(31)19(29)15(11-27)34-22/h2-6,13,15,19,21-22,24,27-31H,7-11H2,1H3/t13-,15+,19+,21-,22+,24-/m0/s1. The second-order valence-electron chi connectivity index (χ2n) is 9.26. The Morgan fingerprint density at radius 2 is 1.86 bits per heavy atom. The van der Waals surface area contributed by atoms with Crippen LogP contribution in [-0.4, -0.2) is 87.6 Å². The number of rotatable bonds is 5. The third kappa shape index (κ3) is 3.91. The fourth-order valence-electron chi connectivity index (χ4n) is 5.46. The molecule has 0 amide bonds. The first-order valence-electron chi connectivity index (χ1n) is 11.6. The number of ether oxygens (including phenoxy) is 3. The van der Waals surface area contributed by atoms with Crippen molar-refractivity contribution in [2.45, 2.75) is 49.4 Å². The summed E-state index contributed by atoms with van der Waals surface area (Å²) < 4.78 is 16.5. The van der Waals surface area contributed by atoms with E-state index >= 15 is 0 Å². The molecule has 2 saturated heterocycles. The average Bonchev–Trinajstić information content (AvgIpc) is 3.33. The Labute approximate surface area is 201 Å². The van der Waals surface area contributed by atoms with E-state index in [1.807, 2.05) is 18.2 Å². The Bertz CT molecular complexity index is 1110. The zero-order valence-electron chi connectivity index (χ0n) is 19.2. The molecule has 0 aromatic heterocycles. The SMILES string of the molecule is COc1c(O)c(CN2CC[C@H](c3ccccc3)C2)c2c(c1O)[C@H]1O[C@H](CO)[C@@H](O)[C@H](O)[C@@H]1OC2=O. The summed E-state index contributed by atoms with van der Waals surface area (Å²) in [4.78, 5) is 15.2. The molecule has 3 aliphatic rings. The number of carbonyl (C=O) groups excluding carboxylic acids is 1. The normalized spacial score (nSPS) is 30.5. The number of aromatic hydroxyl groups is 2. The van der Waals surface area contributed by atoms with E-state index in [2.05, 4.69) is 17.0 Å². The van der Waals surface area contributed by atoms with Crippen LogP contribution in [-0.2, 0) is 16.0 Å². The minimum atomic E-state index is -1.55. The number of aliphatic hydroxyl groups is 3. The van der Waals surface area contributed by atoms with Crippen molar-refractivity contribution in [1.29, 1.82) is 0 Å². The number of likely N-dealkylation sites (tertiary alicyclic amines) is 1. The number of nitrogens with zero attached hydrogens (tertiary/aromatic N) is 1. The van der Waals surface area contributed by atoms with Gasteiger partial charge in [0.2, 0.25) is 5.75 Å². The molecular formula is C25H29NO9. The number of esters is 1. The van der Waals surface area contributed by atoms with Crippen molar-refractivity contribution in [1.82, 2.24) is 4.90 Å². The third-order valence-electron chi connectivity index (χ3n) is 7.27. The van der Waals surface area contributed by atoms with Crippen LogP contribution < -0.4 is 4.74 Å². The van der Waals surface area contributed by atoms with Gasteiger partial charge in [-0.2, -0.15) is 0 Å².